The molecule has 0 spiro atoms. The van der Waals surface area contributed by atoms with Gasteiger partial charge in [-0.2, -0.15) is 4.98 Å². The van der Waals surface area contributed by atoms with Crippen LogP contribution in [0, 0.1) is 11.8 Å². The van der Waals surface area contributed by atoms with E-state index in [0.29, 0.717) is 36.1 Å². The molecule has 29 heavy (non-hydrogen) atoms. The third kappa shape index (κ3) is 3.53. The summed E-state index contributed by atoms with van der Waals surface area (Å²) in [5.41, 5.74) is 1.22. The number of hydrogen-bond acceptors (Lipinski definition) is 7. The average molecular weight is 417 g/mol. The molecule has 158 valence electrons. The van der Waals surface area contributed by atoms with Crippen LogP contribution in [0.3, 0.4) is 0 Å². The van der Waals surface area contributed by atoms with Crippen molar-refractivity contribution in [1.82, 2.24) is 9.97 Å². The third-order valence-corrected chi connectivity index (χ3v) is 8.85. The van der Waals surface area contributed by atoms with Crippen LogP contribution in [0.2, 0.25) is 0 Å². The maximum absolute atomic E-state index is 5.98. The Morgan fingerprint density at radius 1 is 0.793 bits per heavy atom. The Morgan fingerprint density at radius 3 is 2.21 bits per heavy atom. The van der Waals surface area contributed by atoms with Crippen molar-refractivity contribution in [3.8, 4) is 0 Å². The zero-order valence-electron chi connectivity index (χ0n) is 17.1. The highest BCUT2D eigenvalue weighted by Gasteiger charge is 2.40. The second kappa shape index (κ2) is 7.89. The Hall–Kier alpha value is -1.05. The molecule has 0 amide bonds. The molecule has 7 heteroatoms. The summed E-state index contributed by atoms with van der Waals surface area (Å²) in [5.74, 6) is 4.24. The van der Waals surface area contributed by atoms with Gasteiger partial charge >= 0.3 is 0 Å². The molecular formula is C22H32N4O2S. The van der Waals surface area contributed by atoms with Crippen molar-refractivity contribution in [2.24, 2.45) is 11.8 Å². The van der Waals surface area contributed by atoms with Gasteiger partial charge < -0.3 is 20.1 Å². The molecule has 0 radical (unpaired) electrons. The molecule has 4 fully saturated rings. The number of nitrogens with one attached hydrogen (secondary N) is 2. The molecule has 3 aliphatic heterocycles. The first-order valence-electron chi connectivity index (χ1n) is 11.6. The fourth-order valence-electron chi connectivity index (χ4n) is 6.28. The number of hydrogen-bond donors (Lipinski definition) is 2. The minimum atomic E-state index is 0.436. The predicted octanol–water partition coefficient (Wildman–Crippen LogP) is 3.86. The lowest BCUT2D eigenvalue weighted by Crippen LogP contribution is -2.39. The maximum Gasteiger partial charge on any atom is 0.225 e. The van der Waals surface area contributed by atoms with Gasteiger partial charge in [0, 0.05) is 49.3 Å². The number of aromatic nitrogens is 2. The first-order chi connectivity index (χ1) is 14.3. The number of fused-ring (bicyclic) bond motifs is 3. The van der Waals surface area contributed by atoms with Crippen molar-refractivity contribution >= 4 is 23.5 Å². The van der Waals surface area contributed by atoms with Gasteiger partial charge in [-0.25, -0.2) is 4.98 Å². The van der Waals surface area contributed by atoms with Crippen LogP contribution >= 0.6 is 11.8 Å². The number of aryl methyl sites for hydroxylation is 1. The van der Waals surface area contributed by atoms with Crippen LogP contribution in [0.4, 0.5) is 11.8 Å². The standard InChI is InChI=1S/C22H32N4O2S/c1-3-15(13-7-10-27-18(13)5-1)23-21-20-17(9-12-29-20)25-22(26-21)24-16-4-2-6-19-14(16)8-11-28-19/h13-16,18-19H,1-12H2,(H2,23,24,25,26). The van der Waals surface area contributed by atoms with Crippen molar-refractivity contribution < 1.29 is 9.47 Å². The molecule has 1 aromatic rings. The normalized spacial score (nSPS) is 38.3. The van der Waals surface area contributed by atoms with Gasteiger partial charge in [-0.05, 0) is 51.4 Å². The van der Waals surface area contributed by atoms with Crippen molar-refractivity contribution in [3.05, 3.63) is 5.69 Å². The van der Waals surface area contributed by atoms with Crippen molar-refractivity contribution in [2.45, 2.75) is 87.0 Å². The molecular weight excluding hydrogens is 384 g/mol. The van der Waals surface area contributed by atoms with Crippen LogP contribution in [-0.2, 0) is 15.9 Å². The Bertz CT molecular complexity index is 763. The lowest BCUT2D eigenvalue weighted by molar-refractivity contribution is 0.0619. The first kappa shape index (κ1) is 18.7. The Balaban J connectivity index is 1.24. The number of ether oxygens (including phenoxy) is 2. The fraction of sp³-hybridized carbons (Fsp3) is 0.818. The lowest BCUT2D eigenvalue weighted by atomic mass is 9.82. The van der Waals surface area contributed by atoms with Gasteiger partial charge in [-0.1, -0.05) is 0 Å². The molecule has 0 aromatic carbocycles. The van der Waals surface area contributed by atoms with Crippen LogP contribution in [0.15, 0.2) is 4.90 Å². The van der Waals surface area contributed by atoms with Crippen LogP contribution < -0.4 is 10.6 Å². The molecule has 0 bridgehead atoms. The molecule has 6 nitrogen and oxygen atoms in total. The SMILES string of the molecule is C1CC(Nc2nc3c(c(NC4CCCC5OCCC45)n2)SCC3)C2CCOC2C1. The highest BCUT2D eigenvalue weighted by molar-refractivity contribution is 7.99. The highest BCUT2D eigenvalue weighted by atomic mass is 32.2. The molecule has 4 heterocycles. The molecule has 2 aliphatic carbocycles. The Morgan fingerprint density at radius 2 is 1.48 bits per heavy atom. The molecule has 2 saturated carbocycles. The lowest BCUT2D eigenvalue weighted by Gasteiger charge is -2.34. The molecule has 6 unspecified atom stereocenters. The summed E-state index contributed by atoms with van der Waals surface area (Å²) in [7, 11) is 0. The monoisotopic (exact) mass is 416 g/mol. The maximum atomic E-state index is 5.98. The van der Waals surface area contributed by atoms with Gasteiger partial charge in [-0.3, -0.25) is 0 Å². The van der Waals surface area contributed by atoms with E-state index in [1.807, 2.05) is 11.8 Å². The van der Waals surface area contributed by atoms with Gasteiger partial charge in [0.05, 0.1) is 22.8 Å². The molecule has 1 aromatic heterocycles. The van der Waals surface area contributed by atoms with E-state index in [1.54, 1.807) is 0 Å². The topological polar surface area (TPSA) is 68.3 Å². The van der Waals surface area contributed by atoms with E-state index in [9.17, 15) is 0 Å². The van der Waals surface area contributed by atoms with E-state index >= 15 is 0 Å². The second-order valence-electron chi connectivity index (χ2n) is 9.36. The number of rotatable bonds is 4. The second-order valence-corrected chi connectivity index (χ2v) is 10.5. The van der Waals surface area contributed by atoms with Gasteiger partial charge in [0.15, 0.2) is 0 Å². The molecule has 6 rings (SSSR count). The van der Waals surface area contributed by atoms with Crippen molar-refractivity contribution in [1.29, 1.82) is 0 Å². The van der Waals surface area contributed by atoms with Crippen LogP contribution in [-0.4, -0.2) is 53.2 Å². The number of thioether (sulfide) groups is 1. The molecule has 2 saturated heterocycles. The summed E-state index contributed by atoms with van der Waals surface area (Å²) in [6.07, 6.45) is 11.6. The van der Waals surface area contributed by atoms with Crippen LogP contribution in [0.1, 0.15) is 57.1 Å². The van der Waals surface area contributed by atoms with E-state index < -0.39 is 0 Å². The average Bonchev–Trinajstić information content (AvgIpc) is 3.48. The van der Waals surface area contributed by atoms with E-state index in [1.165, 1.54) is 62.0 Å². The van der Waals surface area contributed by atoms with E-state index in [4.69, 9.17) is 19.4 Å². The first-order valence-corrected chi connectivity index (χ1v) is 12.6. The quantitative estimate of drug-likeness (QED) is 0.772. The summed E-state index contributed by atoms with van der Waals surface area (Å²) in [6.45, 7) is 1.83. The number of nitrogens with zero attached hydrogens (tertiary/aromatic N) is 2. The molecule has 2 N–H and O–H groups in total. The summed E-state index contributed by atoms with van der Waals surface area (Å²) < 4.78 is 11.9. The van der Waals surface area contributed by atoms with Gasteiger partial charge in [-0.15, -0.1) is 11.8 Å². The van der Waals surface area contributed by atoms with E-state index in [-0.39, 0.29) is 0 Å². The van der Waals surface area contributed by atoms with Gasteiger partial charge in [0.25, 0.3) is 0 Å². The van der Waals surface area contributed by atoms with Crippen molar-refractivity contribution in [3.63, 3.8) is 0 Å². The number of anilines is 2. The summed E-state index contributed by atoms with van der Waals surface area (Å²) in [4.78, 5) is 11.2. The third-order valence-electron chi connectivity index (χ3n) is 7.72. The zero-order valence-corrected chi connectivity index (χ0v) is 17.9. The van der Waals surface area contributed by atoms with Gasteiger partial charge in [0.2, 0.25) is 5.95 Å². The zero-order chi connectivity index (χ0) is 19.2. The van der Waals surface area contributed by atoms with Crippen molar-refractivity contribution in [2.75, 3.05) is 29.6 Å². The fourth-order valence-corrected chi connectivity index (χ4v) is 7.34. The predicted molar refractivity (Wildman–Crippen MR) is 115 cm³/mol. The molecule has 6 atom stereocenters. The smallest absolute Gasteiger partial charge is 0.225 e. The van der Waals surface area contributed by atoms with E-state index in [2.05, 4.69) is 10.6 Å². The Labute approximate surface area is 177 Å². The van der Waals surface area contributed by atoms with Gasteiger partial charge in [0.1, 0.15) is 5.82 Å². The molecule has 5 aliphatic rings. The summed E-state index contributed by atoms with van der Waals surface area (Å²) >= 11 is 1.91. The summed E-state index contributed by atoms with van der Waals surface area (Å²) in [6, 6.07) is 0.921. The minimum Gasteiger partial charge on any atom is -0.378 e. The highest BCUT2D eigenvalue weighted by Crippen LogP contribution is 2.41. The van der Waals surface area contributed by atoms with Crippen LogP contribution in [0.25, 0.3) is 0 Å². The Kier molecular flexibility index (Phi) is 5.09. The minimum absolute atomic E-state index is 0.436. The van der Waals surface area contributed by atoms with Crippen LogP contribution in [0.5, 0.6) is 0 Å². The summed E-state index contributed by atoms with van der Waals surface area (Å²) in [5, 5.41) is 7.59. The van der Waals surface area contributed by atoms with E-state index in [0.717, 1.165) is 37.2 Å². The largest absolute Gasteiger partial charge is 0.378 e.